The lowest BCUT2D eigenvalue weighted by Gasteiger charge is -2.06. The Morgan fingerprint density at radius 3 is 2.91 bits per heavy atom. The van der Waals surface area contributed by atoms with E-state index >= 15 is 0 Å². The predicted molar refractivity (Wildman–Crippen MR) is 39.7 cm³/mol. The minimum atomic E-state index is -3.33. The third-order valence-electron chi connectivity index (χ3n) is 1.20. The van der Waals surface area contributed by atoms with Gasteiger partial charge >= 0.3 is 0 Å². The molecular weight excluding hydrogens is 168 g/mol. The van der Waals surface area contributed by atoms with Gasteiger partial charge in [0.1, 0.15) is 6.10 Å². The Balaban J connectivity index is 2.28. The van der Waals surface area contributed by atoms with Gasteiger partial charge < -0.3 is 4.74 Å². The molecule has 0 aromatic carbocycles. The molecule has 1 rings (SSSR count). The molecule has 1 atom stereocenters. The highest BCUT2D eigenvalue weighted by molar-refractivity contribution is 7.85. The molecule has 5 heteroatoms. The van der Waals surface area contributed by atoms with Crippen molar-refractivity contribution in [2.45, 2.75) is 6.10 Å². The van der Waals surface area contributed by atoms with Crippen molar-refractivity contribution in [3.8, 4) is 0 Å². The maximum Gasteiger partial charge on any atom is 0.264 e. The van der Waals surface area contributed by atoms with E-state index in [4.69, 9.17) is 4.74 Å². The smallest absolute Gasteiger partial charge is 0.264 e. The first-order valence-electron chi connectivity index (χ1n) is 3.20. The number of rotatable bonds is 3. The Morgan fingerprint density at radius 2 is 2.45 bits per heavy atom. The Labute approximate surface area is 65.9 Å². The minimum absolute atomic E-state index is 0.0787. The molecule has 0 spiro atoms. The zero-order valence-electron chi connectivity index (χ0n) is 6.19. The summed E-state index contributed by atoms with van der Waals surface area (Å²) in [6, 6.07) is 0. The predicted octanol–water partition coefficient (Wildman–Crippen LogP) is -0.0824. The highest BCUT2D eigenvalue weighted by Gasteiger charge is 2.12. The van der Waals surface area contributed by atoms with E-state index in [0.29, 0.717) is 6.61 Å². The molecule has 64 valence electrons. The lowest BCUT2D eigenvalue weighted by Crippen LogP contribution is -2.16. The van der Waals surface area contributed by atoms with Crippen LogP contribution < -0.4 is 0 Å². The normalized spacial score (nSPS) is 24.3. The zero-order valence-corrected chi connectivity index (χ0v) is 7.00. The van der Waals surface area contributed by atoms with Gasteiger partial charge in [0.25, 0.3) is 10.1 Å². The van der Waals surface area contributed by atoms with E-state index in [9.17, 15) is 8.42 Å². The molecular formula is C6H10O4S. The van der Waals surface area contributed by atoms with E-state index in [1.54, 1.807) is 6.08 Å². The molecule has 11 heavy (non-hydrogen) atoms. The van der Waals surface area contributed by atoms with Gasteiger partial charge in [0.05, 0.1) is 19.5 Å². The first kappa shape index (κ1) is 8.70. The van der Waals surface area contributed by atoms with E-state index in [1.165, 1.54) is 0 Å². The summed E-state index contributed by atoms with van der Waals surface area (Å²) in [5.74, 6) is 0. The van der Waals surface area contributed by atoms with Crippen LogP contribution in [0.5, 0.6) is 0 Å². The number of hydrogen-bond donors (Lipinski definition) is 0. The van der Waals surface area contributed by atoms with Crippen molar-refractivity contribution in [2.24, 2.45) is 0 Å². The second-order valence-corrected chi connectivity index (χ2v) is 3.93. The van der Waals surface area contributed by atoms with Crippen LogP contribution in [0.15, 0.2) is 12.2 Å². The molecule has 1 aliphatic heterocycles. The maximum absolute atomic E-state index is 10.5. The van der Waals surface area contributed by atoms with E-state index in [0.717, 1.165) is 6.26 Å². The van der Waals surface area contributed by atoms with Crippen molar-refractivity contribution in [3.05, 3.63) is 12.2 Å². The molecule has 0 aromatic heterocycles. The van der Waals surface area contributed by atoms with Gasteiger partial charge in [0.2, 0.25) is 0 Å². The molecule has 0 N–H and O–H groups in total. The van der Waals surface area contributed by atoms with Gasteiger partial charge in [-0.3, -0.25) is 4.18 Å². The van der Waals surface area contributed by atoms with Crippen molar-refractivity contribution >= 4 is 10.1 Å². The summed E-state index contributed by atoms with van der Waals surface area (Å²) in [7, 11) is -3.33. The fraction of sp³-hybridized carbons (Fsp3) is 0.667. The van der Waals surface area contributed by atoms with Gasteiger partial charge in [0, 0.05) is 0 Å². The molecule has 0 bridgehead atoms. The van der Waals surface area contributed by atoms with Gasteiger partial charge in [-0.05, 0) is 0 Å². The van der Waals surface area contributed by atoms with Crippen molar-refractivity contribution in [3.63, 3.8) is 0 Å². The first-order chi connectivity index (χ1) is 5.08. The molecule has 4 nitrogen and oxygen atoms in total. The lowest BCUT2D eigenvalue weighted by molar-refractivity contribution is 0.0864. The minimum Gasteiger partial charge on any atom is -0.368 e. The monoisotopic (exact) mass is 178 g/mol. The highest BCUT2D eigenvalue weighted by Crippen LogP contribution is 2.04. The van der Waals surface area contributed by atoms with Crippen molar-refractivity contribution in [2.75, 3.05) is 19.5 Å². The third kappa shape index (κ3) is 3.50. The van der Waals surface area contributed by atoms with Crippen molar-refractivity contribution in [1.82, 2.24) is 0 Å². The van der Waals surface area contributed by atoms with E-state index < -0.39 is 10.1 Å². The Bertz CT molecular complexity index is 241. The molecule has 0 fully saturated rings. The van der Waals surface area contributed by atoms with Crippen molar-refractivity contribution in [1.29, 1.82) is 0 Å². The van der Waals surface area contributed by atoms with Crippen LogP contribution in [0.4, 0.5) is 0 Å². The second-order valence-electron chi connectivity index (χ2n) is 2.29. The van der Waals surface area contributed by atoms with Gasteiger partial charge in [0.15, 0.2) is 0 Å². The summed E-state index contributed by atoms with van der Waals surface area (Å²) in [5, 5.41) is 0. The summed E-state index contributed by atoms with van der Waals surface area (Å²) in [6.45, 7) is 0.618. The Morgan fingerprint density at radius 1 is 1.73 bits per heavy atom. The Kier molecular flexibility index (Phi) is 2.64. The van der Waals surface area contributed by atoms with Crippen LogP contribution in [0, 0.1) is 0 Å². The van der Waals surface area contributed by atoms with Crippen molar-refractivity contribution < 1.29 is 17.3 Å². The molecule has 0 aromatic rings. The van der Waals surface area contributed by atoms with Gasteiger partial charge in [-0.2, -0.15) is 8.42 Å². The standard InChI is InChI=1S/C6H10O4S/c1-11(7,8)10-5-6-3-2-4-9-6/h2-3,6H,4-5H2,1H3/t6-/m0/s1. The van der Waals surface area contributed by atoms with Gasteiger partial charge in [-0.15, -0.1) is 0 Å². The summed E-state index contributed by atoms with van der Waals surface area (Å²) < 4.78 is 30.5. The quantitative estimate of drug-likeness (QED) is 0.448. The van der Waals surface area contributed by atoms with E-state index in [2.05, 4.69) is 4.18 Å². The first-order valence-corrected chi connectivity index (χ1v) is 5.02. The molecule has 0 amide bonds. The average molecular weight is 178 g/mol. The Hall–Kier alpha value is -0.390. The topological polar surface area (TPSA) is 52.6 Å². The highest BCUT2D eigenvalue weighted by atomic mass is 32.2. The largest absolute Gasteiger partial charge is 0.368 e. The van der Waals surface area contributed by atoms with Gasteiger partial charge in [-0.25, -0.2) is 0 Å². The van der Waals surface area contributed by atoms with Crippen LogP contribution in [0.1, 0.15) is 0 Å². The fourth-order valence-corrected chi connectivity index (χ4v) is 1.12. The van der Waals surface area contributed by atoms with Crippen LogP contribution in [0.3, 0.4) is 0 Å². The molecule has 0 radical (unpaired) electrons. The van der Waals surface area contributed by atoms with Crippen LogP contribution in [0.2, 0.25) is 0 Å². The van der Waals surface area contributed by atoms with Crippen LogP contribution >= 0.6 is 0 Å². The molecule has 0 unspecified atom stereocenters. The van der Waals surface area contributed by atoms with Crippen LogP contribution in [0.25, 0.3) is 0 Å². The number of hydrogen-bond acceptors (Lipinski definition) is 4. The summed E-state index contributed by atoms with van der Waals surface area (Å²) in [6.07, 6.45) is 4.43. The zero-order chi connectivity index (χ0) is 8.32. The lowest BCUT2D eigenvalue weighted by atomic mass is 10.4. The second kappa shape index (κ2) is 3.34. The summed E-state index contributed by atoms with van der Waals surface area (Å²) in [5.41, 5.74) is 0. The third-order valence-corrected chi connectivity index (χ3v) is 1.77. The van der Waals surface area contributed by atoms with E-state index in [1.807, 2.05) is 6.08 Å². The van der Waals surface area contributed by atoms with Gasteiger partial charge in [-0.1, -0.05) is 12.2 Å². The average Bonchev–Trinajstić information content (AvgIpc) is 2.32. The summed E-state index contributed by atoms with van der Waals surface area (Å²) >= 11 is 0. The fourth-order valence-electron chi connectivity index (χ4n) is 0.736. The van der Waals surface area contributed by atoms with Crippen LogP contribution in [-0.2, 0) is 19.0 Å². The molecule has 0 aliphatic carbocycles. The molecule has 1 heterocycles. The summed E-state index contributed by atoms with van der Waals surface area (Å²) in [4.78, 5) is 0. The molecule has 0 saturated heterocycles. The van der Waals surface area contributed by atoms with Crippen LogP contribution in [-0.4, -0.2) is 34.0 Å². The maximum atomic E-state index is 10.5. The molecule has 1 aliphatic rings. The van der Waals surface area contributed by atoms with E-state index in [-0.39, 0.29) is 12.7 Å². The SMILES string of the molecule is CS(=O)(=O)OC[C@@H]1C=CCO1. The molecule has 0 saturated carbocycles. The number of ether oxygens (including phenoxy) is 1.